The largest absolute Gasteiger partial charge is 2.00 e. The van der Waals surface area contributed by atoms with Crippen molar-refractivity contribution < 1.29 is 17.1 Å². The molecule has 0 heterocycles. The van der Waals surface area contributed by atoms with Crippen LogP contribution in [-0.2, 0) is 42.8 Å². The van der Waals surface area contributed by atoms with Gasteiger partial charge in [0.25, 0.3) is 0 Å². The molecule has 0 unspecified atom stereocenters. The summed E-state index contributed by atoms with van der Waals surface area (Å²) in [5.74, 6) is 1.38. The molecule has 0 atom stereocenters. The molecule has 0 amide bonds. The summed E-state index contributed by atoms with van der Waals surface area (Å²) in [4.78, 5) is 0. The smallest absolute Gasteiger partial charge is 0.0613 e. The molecule has 2 saturated carbocycles. The molecule has 0 nitrogen and oxygen atoms in total. The Hall–Kier alpha value is -0.261. The van der Waals surface area contributed by atoms with Crippen LogP contribution in [0, 0.1) is 63.7 Å². The second-order valence-corrected chi connectivity index (χ2v) is 6.07. The topological polar surface area (TPSA) is 0 Å². The molecule has 2 aliphatic rings. The predicted octanol–water partition coefficient (Wildman–Crippen LogP) is 5.71. The third-order valence-electron chi connectivity index (χ3n) is 4.73. The minimum atomic E-state index is 0. The van der Waals surface area contributed by atoms with Crippen molar-refractivity contribution in [1.82, 2.24) is 0 Å². The number of hydrogen-bond acceptors (Lipinski definition) is 0. The van der Waals surface area contributed by atoms with Gasteiger partial charge in [0.15, 0.2) is 0 Å². The fourth-order valence-electron chi connectivity index (χ4n) is 3.61. The Kier molecular flexibility index (Phi) is 11.1. The van der Waals surface area contributed by atoms with Crippen LogP contribution in [0.25, 0.3) is 0 Å². The summed E-state index contributed by atoms with van der Waals surface area (Å²) < 4.78 is 0. The predicted molar refractivity (Wildman–Crippen MR) is 105 cm³/mol. The molecule has 10 radical (unpaired) electrons. The van der Waals surface area contributed by atoms with Crippen LogP contribution in [0.1, 0.15) is 55.5 Å². The Labute approximate surface area is 168 Å². The molecule has 0 saturated heterocycles. The van der Waals surface area contributed by atoms with Crippen LogP contribution in [0.15, 0.2) is 6.07 Å². The van der Waals surface area contributed by atoms with Gasteiger partial charge in [0.1, 0.15) is 0 Å². The quantitative estimate of drug-likeness (QED) is 0.579. The second kappa shape index (κ2) is 12.2. The number of benzene rings is 1. The molecule has 0 aromatic heterocycles. The maximum absolute atomic E-state index is 2.44. The monoisotopic (exact) mass is 374 g/mol. The SMILES string of the molecule is CCc1cc([C]2[CH][CH][CH][CH]2)c(CC)c(CC)c1CC.[CH]1[CH][CH][CH][CH]1.[Fe+2]. The molecule has 132 valence electrons. The van der Waals surface area contributed by atoms with E-state index in [0.29, 0.717) is 0 Å². The van der Waals surface area contributed by atoms with Crippen molar-refractivity contribution in [3.05, 3.63) is 97.6 Å². The molecule has 0 N–H and O–H groups in total. The van der Waals surface area contributed by atoms with Gasteiger partial charge < -0.3 is 0 Å². The normalized spacial score (nSPS) is 17.1. The average Bonchev–Trinajstić information content (AvgIpc) is 3.35. The van der Waals surface area contributed by atoms with Crippen LogP contribution in [0.5, 0.6) is 0 Å². The van der Waals surface area contributed by atoms with E-state index in [1.165, 1.54) is 17.0 Å². The van der Waals surface area contributed by atoms with Crippen LogP contribution in [0.3, 0.4) is 0 Å². The molecule has 2 fully saturated rings. The molecular weight excluding hydrogens is 344 g/mol. The van der Waals surface area contributed by atoms with Gasteiger partial charge in [0.05, 0.1) is 0 Å². The van der Waals surface area contributed by atoms with Crippen molar-refractivity contribution in [2.75, 3.05) is 0 Å². The van der Waals surface area contributed by atoms with E-state index in [2.05, 4.69) is 59.4 Å². The summed E-state index contributed by atoms with van der Waals surface area (Å²) in [5.41, 5.74) is 7.74. The zero-order chi connectivity index (χ0) is 17.4. The standard InChI is InChI=1S/C19H25.C5H5.Fe/c1-5-14-13-19(15-11-9-10-12-15)18(8-4)17(7-3)16(14)6-2;1-2-4-5-3-1;/h9-13H,5-8H2,1-4H3;1-5H;/q;;+2. The molecule has 1 aromatic carbocycles. The molecule has 2 aliphatic carbocycles. The van der Waals surface area contributed by atoms with E-state index in [1.54, 1.807) is 16.7 Å². The number of aryl methyl sites for hydroxylation is 1. The van der Waals surface area contributed by atoms with Gasteiger partial charge in [-0.2, -0.15) is 0 Å². The Morgan fingerprint density at radius 3 is 1.44 bits per heavy atom. The maximum atomic E-state index is 2.44. The summed E-state index contributed by atoms with van der Waals surface area (Å²) in [7, 11) is 0. The third kappa shape index (κ3) is 5.86. The van der Waals surface area contributed by atoms with E-state index in [1.807, 2.05) is 32.1 Å². The van der Waals surface area contributed by atoms with Gasteiger partial charge in [-0.25, -0.2) is 0 Å². The second-order valence-electron chi connectivity index (χ2n) is 6.07. The Balaban J connectivity index is 0.000000448. The number of hydrogen-bond donors (Lipinski definition) is 0. The fourth-order valence-corrected chi connectivity index (χ4v) is 3.61. The molecule has 0 spiro atoms. The first-order valence-corrected chi connectivity index (χ1v) is 9.31. The van der Waals surface area contributed by atoms with Gasteiger partial charge in [-0.05, 0) is 111 Å². The molecule has 0 aliphatic heterocycles. The third-order valence-corrected chi connectivity index (χ3v) is 4.73. The molecule has 1 heteroatoms. The number of rotatable bonds is 5. The van der Waals surface area contributed by atoms with Crippen LogP contribution >= 0.6 is 0 Å². The van der Waals surface area contributed by atoms with Gasteiger partial charge in [0, 0.05) is 5.92 Å². The van der Waals surface area contributed by atoms with Crippen LogP contribution in [-0.4, -0.2) is 0 Å². The van der Waals surface area contributed by atoms with Crippen molar-refractivity contribution in [2.45, 2.75) is 53.4 Å². The molecule has 1 aromatic rings. The van der Waals surface area contributed by atoms with Gasteiger partial charge in [-0.15, -0.1) is 0 Å². The summed E-state index contributed by atoms with van der Waals surface area (Å²) >= 11 is 0. The van der Waals surface area contributed by atoms with E-state index >= 15 is 0 Å². The zero-order valence-corrected chi connectivity index (χ0v) is 17.1. The van der Waals surface area contributed by atoms with Gasteiger partial charge in [-0.1, -0.05) is 33.8 Å². The van der Waals surface area contributed by atoms with E-state index in [4.69, 9.17) is 0 Å². The van der Waals surface area contributed by atoms with Crippen molar-refractivity contribution >= 4 is 0 Å². The van der Waals surface area contributed by atoms with E-state index in [-0.39, 0.29) is 17.1 Å². The van der Waals surface area contributed by atoms with Crippen LogP contribution in [0.4, 0.5) is 0 Å². The fraction of sp³-hybridized carbons (Fsp3) is 0.333. The van der Waals surface area contributed by atoms with Crippen molar-refractivity contribution in [1.29, 1.82) is 0 Å². The van der Waals surface area contributed by atoms with Crippen LogP contribution in [0.2, 0.25) is 0 Å². The molecule has 0 bridgehead atoms. The van der Waals surface area contributed by atoms with E-state index in [0.717, 1.165) is 25.7 Å². The first-order chi connectivity index (χ1) is 11.8. The Bertz CT molecular complexity index is 486. The summed E-state index contributed by atoms with van der Waals surface area (Å²) in [6.45, 7) is 9.14. The van der Waals surface area contributed by atoms with Gasteiger partial charge >= 0.3 is 17.1 Å². The summed E-state index contributed by atoms with van der Waals surface area (Å²) in [5, 5.41) is 0. The molecular formula is C24H30Fe+2. The Morgan fingerprint density at radius 1 is 0.560 bits per heavy atom. The van der Waals surface area contributed by atoms with Crippen molar-refractivity contribution in [3.63, 3.8) is 0 Å². The van der Waals surface area contributed by atoms with Gasteiger partial charge in [0.2, 0.25) is 0 Å². The summed E-state index contributed by atoms with van der Waals surface area (Å²) in [6, 6.07) is 2.44. The average molecular weight is 374 g/mol. The van der Waals surface area contributed by atoms with Gasteiger partial charge in [-0.3, -0.25) is 0 Å². The molecule has 3 rings (SSSR count). The van der Waals surface area contributed by atoms with E-state index < -0.39 is 0 Å². The first-order valence-electron chi connectivity index (χ1n) is 9.31. The van der Waals surface area contributed by atoms with Crippen LogP contribution < -0.4 is 0 Å². The van der Waals surface area contributed by atoms with Crippen molar-refractivity contribution in [3.8, 4) is 0 Å². The Morgan fingerprint density at radius 2 is 1.04 bits per heavy atom. The maximum Gasteiger partial charge on any atom is 2.00 e. The minimum absolute atomic E-state index is 0. The zero-order valence-electron chi connectivity index (χ0n) is 16.0. The van der Waals surface area contributed by atoms with Crippen molar-refractivity contribution in [2.24, 2.45) is 0 Å². The van der Waals surface area contributed by atoms with E-state index in [9.17, 15) is 0 Å². The summed E-state index contributed by atoms with van der Waals surface area (Å²) in [6.07, 6.45) is 23.3. The minimum Gasteiger partial charge on any atom is -0.0613 e. The first kappa shape index (κ1) is 22.8. The molecule has 25 heavy (non-hydrogen) atoms.